The smallest absolute Gasteiger partial charge is 0.227 e. The third kappa shape index (κ3) is 2.04. The zero-order valence-corrected chi connectivity index (χ0v) is 11.0. The molecule has 0 aliphatic carbocycles. The fourth-order valence-electron chi connectivity index (χ4n) is 2.76. The van der Waals surface area contributed by atoms with E-state index in [1.54, 1.807) is 11.9 Å². The number of benzene rings is 1. The highest BCUT2D eigenvalue weighted by Crippen LogP contribution is 2.44. The lowest BCUT2D eigenvalue weighted by Gasteiger charge is -2.33. The summed E-state index contributed by atoms with van der Waals surface area (Å²) in [5, 5.41) is 0. The zero-order valence-electron chi connectivity index (χ0n) is 11.0. The van der Waals surface area contributed by atoms with Crippen LogP contribution in [-0.2, 0) is 4.79 Å². The predicted molar refractivity (Wildman–Crippen MR) is 71.9 cm³/mol. The molecule has 0 aromatic heterocycles. The first kappa shape index (κ1) is 12.3. The van der Waals surface area contributed by atoms with Crippen molar-refractivity contribution in [3.05, 3.63) is 17.7 Å². The largest absolute Gasteiger partial charge is 0.486 e. The van der Waals surface area contributed by atoms with Crippen LogP contribution in [0.3, 0.4) is 0 Å². The Morgan fingerprint density at radius 3 is 2.68 bits per heavy atom. The van der Waals surface area contributed by atoms with Gasteiger partial charge in [-0.15, -0.1) is 0 Å². The van der Waals surface area contributed by atoms with Crippen LogP contribution in [0.25, 0.3) is 0 Å². The Bertz CT molecular complexity index is 516. The van der Waals surface area contributed by atoms with E-state index in [4.69, 9.17) is 15.2 Å². The molecule has 2 aliphatic rings. The van der Waals surface area contributed by atoms with Gasteiger partial charge in [-0.05, 0) is 30.5 Å². The summed E-state index contributed by atoms with van der Waals surface area (Å²) >= 11 is 0. The summed E-state index contributed by atoms with van der Waals surface area (Å²) in [6.45, 7) is 1.70. The molecule has 0 radical (unpaired) electrons. The molecule has 0 saturated carbocycles. The van der Waals surface area contributed by atoms with Crippen LogP contribution in [0.1, 0.15) is 24.3 Å². The normalized spacial score (nSPS) is 21.3. The first-order chi connectivity index (χ1) is 9.20. The van der Waals surface area contributed by atoms with Crippen LogP contribution in [0, 0.1) is 0 Å². The number of nitrogens with zero attached hydrogens (tertiary/aromatic N) is 1. The van der Waals surface area contributed by atoms with Crippen molar-refractivity contribution < 1.29 is 14.3 Å². The van der Waals surface area contributed by atoms with Crippen LogP contribution >= 0.6 is 0 Å². The number of carbonyl (C=O) groups is 1. The van der Waals surface area contributed by atoms with Crippen LogP contribution in [-0.4, -0.2) is 32.7 Å². The Morgan fingerprint density at radius 1 is 1.32 bits per heavy atom. The van der Waals surface area contributed by atoms with Crippen LogP contribution < -0.4 is 20.1 Å². The molecule has 2 N–H and O–H groups in total. The molecule has 0 fully saturated rings. The zero-order chi connectivity index (χ0) is 13.4. The molecule has 19 heavy (non-hydrogen) atoms. The van der Waals surface area contributed by atoms with Gasteiger partial charge in [0.15, 0.2) is 11.5 Å². The summed E-state index contributed by atoms with van der Waals surface area (Å²) < 4.78 is 11.2. The van der Waals surface area contributed by atoms with Crippen LogP contribution in [0.15, 0.2) is 12.1 Å². The molecule has 5 nitrogen and oxygen atoms in total. The predicted octanol–water partition coefficient (Wildman–Crippen LogP) is 1.26. The minimum Gasteiger partial charge on any atom is -0.486 e. The van der Waals surface area contributed by atoms with E-state index in [1.807, 2.05) is 12.1 Å². The molecule has 1 aromatic rings. The molecule has 1 atom stereocenters. The average molecular weight is 262 g/mol. The van der Waals surface area contributed by atoms with Crippen molar-refractivity contribution in [1.82, 2.24) is 0 Å². The number of hydrogen-bond acceptors (Lipinski definition) is 4. The maximum atomic E-state index is 12.0. The Hall–Kier alpha value is -1.75. The molecular weight excluding hydrogens is 244 g/mol. The van der Waals surface area contributed by atoms with Gasteiger partial charge in [0, 0.05) is 19.5 Å². The quantitative estimate of drug-likeness (QED) is 0.871. The minimum atomic E-state index is 0.127. The molecular formula is C14H18N2O3. The summed E-state index contributed by atoms with van der Waals surface area (Å²) in [5.74, 6) is 1.80. The fraction of sp³-hybridized carbons (Fsp3) is 0.500. The van der Waals surface area contributed by atoms with Crippen molar-refractivity contribution in [3.8, 4) is 11.5 Å². The lowest BCUT2D eigenvalue weighted by molar-refractivity contribution is -0.119. The van der Waals surface area contributed by atoms with Gasteiger partial charge in [0.1, 0.15) is 13.2 Å². The lowest BCUT2D eigenvalue weighted by Crippen LogP contribution is -2.34. The molecule has 1 aromatic carbocycles. The maximum Gasteiger partial charge on any atom is 0.227 e. The standard InChI is InChI=1S/C14H18N2O3/c1-16-11-8-13-12(18-4-5-19-13)7-10(11)9(2-3-15)6-14(16)17/h7-9H,2-6,15H2,1H3. The van der Waals surface area contributed by atoms with Gasteiger partial charge < -0.3 is 20.1 Å². The Kier molecular flexibility index (Phi) is 3.06. The molecule has 5 heteroatoms. The van der Waals surface area contributed by atoms with Crippen LogP contribution in [0.5, 0.6) is 11.5 Å². The van der Waals surface area contributed by atoms with Gasteiger partial charge in [0.05, 0.1) is 5.69 Å². The minimum absolute atomic E-state index is 0.127. The number of fused-ring (bicyclic) bond motifs is 2. The highest BCUT2D eigenvalue weighted by molar-refractivity contribution is 5.97. The summed E-state index contributed by atoms with van der Waals surface area (Å²) in [7, 11) is 1.80. The second-order valence-electron chi connectivity index (χ2n) is 4.99. The van der Waals surface area contributed by atoms with E-state index in [0.717, 1.165) is 29.2 Å². The van der Waals surface area contributed by atoms with E-state index < -0.39 is 0 Å². The number of carbonyl (C=O) groups excluding carboxylic acids is 1. The molecule has 0 bridgehead atoms. The van der Waals surface area contributed by atoms with Crippen LogP contribution in [0.2, 0.25) is 0 Å². The summed E-state index contributed by atoms with van der Waals surface area (Å²) in [4.78, 5) is 13.7. The van der Waals surface area contributed by atoms with Gasteiger partial charge in [-0.25, -0.2) is 0 Å². The Balaban J connectivity index is 2.08. The van der Waals surface area contributed by atoms with Gasteiger partial charge >= 0.3 is 0 Å². The SMILES string of the molecule is CN1C(=O)CC(CCN)c2cc3c(cc21)OCCO3. The molecule has 0 spiro atoms. The van der Waals surface area contributed by atoms with Gasteiger partial charge in [-0.1, -0.05) is 0 Å². The van der Waals surface area contributed by atoms with Gasteiger partial charge in [0.25, 0.3) is 0 Å². The molecule has 1 unspecified atom stereocenters. The van der Waals surface area contributed by atoms with Crippen molar-refractivity contribution in [2.45, 2.75) is 18.8 Å². The van der Waals surface area contributed by atoms with E-state index in [1.165, 1.54) is 0 Å². The average Bonchev–Trinajstić information content (AvgIpc) is 2.43. The number of rotatable bonds is 2. The number of amides is 1. The first-order valence-electron chi connectivity index (χ1n) is 6.61. The summed E-state index contributed by atoms with van der Waals surface area (Å²) in [6.07, 6.45) is 1.33. The first-order valence-corrected chi connectivity index (χ1v) is 6.61. The van der Waals surface area contributed by atoms with E-state index >= 15 is 0 Å². The second-order valence-corrected chi connectivity index (χ2v) is 4.99. The van der Waals surface area contributed by atoms with Gasteiger partial charge in [-0.2, -0.15) is 0 Å². The van der Waals surface area contributed by atoms with Crippen molar-refractivity contribution in [2.75, 3.05) is 31.7 Å². The van der Waals surface area contributed by atoms with E-state index in [0.29, 0.717) is 26.2 Å². The number of nitrogens with two attached hydrogens (primary N) is 1. The third-order valence-electron chi connectivity index (χ3n) is 3.80. The molecule has 2 aliphatic heterocycles. The highest BCUT2D eigenvalue weighted by Gasteiger charge is 2.31. The van der Waals surface area contributed by atoms with E-state index in [9.17, 15) is 4.79 Å². The number of hydrogen-bond donors (Lipinski definition) is 1. The monoisotopic (exact) mass is 262 g/mol. The Labute approximate surface area is 112 Å². The third-order valence-corrected chi connectivity index (χ3v) is 3.80. The van der Waals surface area contributed by atoms with Crippen LogP contribution in [0.4, 0.5) is 5.69 Å². The molecule has 1 amide bonds. The van der Waals surface area contributed by atoms with Crippen molar-refractivity contribution in [3.63, 3.8) is 0 Å². The highest BCUT2D eigenvalue weighted by atomic mass is 16.6. The topological polar surface area (TPSA) is 64.8 Å². The number of ether oxygens (including phenoxy) is 2. The summed E-state index contributed by atoms with van der Waals surface area (Å²) in [6, 6.07) is 3.91. The van der Waals surface area contributed by atoms with E-state index in [2.05, 4.69) is 0 Å². The van der Waals surface area contributed by atoms with Gasteiger partial charge in [-0.3, -0.25) is 4.79 Å². The van der Waals surface area contributed by atoms with Crippen molar-refractivity contribution in [2.24, 2.45) is 5.73 Å². The Morgan fingerprint density at radius 2 is 2.00 bits per heavy atom. The molecule has 3 rings (SSSR count). The lowest BCUT2D eigenvalue weighted by atomic mass is 9.87. The number of anilines is 1. The molecule has 0 saturated heterocycles. The second kappa shape index (κ2) is 4.74. The van der Waals surface area contributed by atoms with Gasteiger partial charge in [0.2, 0.25) is 5.91 Å². The fourth-order valence-corrected chi connectivity index (χ4v) is 2.76. The van der Waals surface area contributed by atoms with E-state index in [-0.39, 0.29) is 11.8 Å². The molecule has 102 valence electrons. The molecule has 2 heterocycles. The summed E-state index contributed by atoms with van der Waals surface area (Å²) in [5.41, 5.74) is 7.71. The maximum absolute atomic E-state index is 12.0. The van der Waals surface area contributed by atoms with Crippen molar-refractivity contribution in [1.29, 1.82) is 0 Å². The van der Waals surface area contributed by atoms with Crippen molar-refractivity contribution >= 4 is 11.6 Å².